The Balaban J connectivity index is 0.000000115. The second-order valence-electron chi connectivity index (χ2n) is 39.7. The first-order chi connectivity index (χ1) is 72.1. The Bertz CT molecular complexity index is 9210. The van der Waals surface area contributed by atoms with Gasteiger partial charge in [-0.25, -0.2) is 44.9 Å². The minimum atomic E-state index is -1.89. The molecule has 21 aromatic carbocycles. The minimum absolute atomic E-state index is 0.659. The van der Waals surface area contributed by atoms with Crippen molar-refractivity contribution in [1.82, 2.24) is 44.9 Å². The Hall–Kier alpha value is -17.9. The van der Waals surface area contributed by atoms with Crippen molar-refractivity contribution in [1.29, 1.82) is 0 Å². The van der Waals surface area contributed by atoms with E-state index >= 15 is 0 Å². The number of rotatable bonds is 15. The van der Waals surface area contributed by atoms with Crippen LogP contribution in [0.25, 0.3) is 235 Å². The molecule has 0 saturated heterocycles. The predicted octanol–water partition coefficient (Wildman–Crippen LogP) is 30.5. The molecular formula is C135H99N9Si3. The highest BCUT2D eigenvalue weighted by molar-refractivity contribution is 7.05. The molecule has 0 bridgehead atoms. The zero-order chi connectivity index (χ0) is 98.9. The minimum Gasteiger partial charge on any atom is -0.208 e. The van der Waals surface area contributed by atoms with Crippen molar-refractivity contribution < 1.29 is 0 Å². The van der Waals surface area contributed by atoms with Crippen molar-refractivity contribution in [2.45, 2.75) is 39.3 Å². The predicted molar refractivity (Wildman–Crippen MR) is 620 cm³/mol. The zero-order valence-corrected chi connectivity index (χ0v) is 85.3. The van der Waals surface area contributed by atoms with E-state index in [4.69, 9.17) is 44.9 Å². The Morgan fingerprint density at radius 3 is 0.707 bits per heavy atom. The molecule has 696 valence electrons. The van der Waals surface area contributed by atoms with Crippen LogP contribution in [0.1, 0.15) is 0 Å². The van der Waals surface area contributed by atoms with Crippen LogP contribution in [0.5, 0.6) is 0 Å². The summed E-state index contributed by atoms with van der Waals surface area (Å²) >= 11 is 0. The third-order valence-corrected chi connectivity index (χ3v) is 40.6. The summed E-state index contributed by atoms with van der Waals surface area (Å²) in [7, 11) is -5.55. The topological polar surface area (TPSA) is 116 Å². The fourth-order valence-electron chi connectivity index (χ4n) is 22.3. The number of fused-ring (bicyclic) bond motifs is 12. The standard InChI is InChI=1S/3C45H33N3Si/c1-49(2)40-22-12-11-20-38(40)42-39(21-13-23-41(42)49)45-47-43(33-26-24-31(25-27-33)30-14-5-3-6-15-30)46-44(48-45)37-29-28-34(32-16-7-4-8-17-32)35-18-9-10-19-36(35)37;1-49(2)41-20-12-11-19-38(41)40-29-34(25-28-42(40)49)44-46-43(33-23-21-31(22-24-33)30-13-5-3-6-14-30)47-45(48-44)39-27-26-35(32-15-7-4-8-16-32)36-17-9-10-18-37(36)39;1-49(2)41-20-12-11-19-38(41)39-26-25-34(29-42(39)49)44-46-43(33-23-21-31(22-24-33)30-13-5-3-6-14-30)47-45(48-44)40-28-27-35(32-15-7-4-8-16-32)36-17-9-10-18-37(36)40/h3*3-29H,1-2H3. The van der Waals surface area contributed by atoms with Gasteiger partial charge in [0, 0.05) is 50.1 Å². The molecule has 0 fully saturated rings. The molecule has 0 saturated carbocycles. The highest BCUT2D eigenvalue weighted by Gasteiger charge is 2.42. The van der Waals surface area contributed by atoms with Gasteiger partial charge in [0.15, 0.2) is 52.4 Å². The number of hydrogen-bond acceptors (Lipinski definition) is 9. The lowest BCUT2D eigenvalue weighted by Crippen LogP contribution is -2.49. The van der Waals surface area contributed by atoms with E-state index in [0.717, 1.165) is 82.9 Å². The highest BCUT2D eigenvalue weighted by atomic mass is 28.3. The van der Waals surface area contributed by atoms with Crippen LogP contribution in [0.15, 0.2) is 491 Å². The summed E-state index contributed by atoms with van der Waals surface area (Å²) in [4.78, 5) is 46.9. The van der Waals surface area contributed by atoms with Gasteiger partial charge >= 0.3 is 0 Å². The van der Waals surface area contributed by atoms with Gasteiger partial charge in [0.05, 0.1) is 0 Å². The smallest absolute Gasteiger partial charge is 0.164 e. The molecule has 0 aliphatic carbocycles. The molecule has 24 aromatic rings. The first kappa shape index (κ1) is 90.4. The summed E-state index contributed by atoms with van der Waals surface area (Å²) in [6.07, 6.45) is 0. The molecule has 12 heteroatoms. The molecule has 0 radical (unpaired) electrons. The van der Waals surface area contributed by atoms with Gasteiger partial charge in [0.2, 0.25) is 0 Å². The fraction of sp³-hybridized carbons (Fsp3) is 0.0444. The Morgan fingerprint density at radius 2 is 0.327 bits per heavy atom. The average molecular weight is 1930 g/mol. The maximum absolute atomic E-state index is 5.31. The summed E-state index contributed by atoms with van der Waals surface area (Å²) in [5.74, 6) is 6.05. The number of nitrogens with zero attached hydrogens (tertiary/aromatic N) is 9. The van der Waals surface area contributed by atoms with E-state index < -0.39 is 24.2 Å². The lowest BCUT2D eigenvalue weighted by molar-refractivity contribution is 1.08. The van der Waals surface area contributed by atoms with E-state index in [1.54, 1.807) is 0 Å². The van der Waals surface area contributed by atoms with Crippen molar-refractivity contribution in [3.05, 3.63) is 491 Å². The fourth-order valence-corrected chi connectivity index (χ4v) is 31.6. The van der Waals surface area contributed by atoms with Gasteiger partial charge in [-0.1, -0.05) is 506 Å². The zero-order valence-electron chi connectivity index (χ0n) is 82.3. The molecule has 3 aliphatic heterocycles. The van der Waals surface area contributed by atoms with Crippen molar-refractivity contribution in [2.75, 3.05) is 0 Å². The molecule has 147 heavy (non-hydrogen) atoms. The van der Waals surface area contributed by atoms with E-state index in [9.17, 15) is 0 Å². The van der Waals surface area contributed by atoms with Crippen molar-refractivity contribution >= 4 is 87.7 Å². The van der Waals surface area contributed by atoms with Crippen molar-refractivity contribution in [3.63, 3.8) is 0 Å². The molecule has 0 amide bonds. The number of aromatic nitrogens is 9. The Morgan fingerprint density at radius 1 is 0.116 bits per heavy atom. The maximum Gasteiger partial charge on any atom is 0.164 e. The van der Waals surface area contributed by atoms with Gasteiger partial charge in [-0.2, -0.15) is 0 Å². The molecule has 0 atom stereocenters. The second-order valence-corrected chi connectivity index (χ2v) is 52.7. The summed E-state index contributed by atoms with van der Waals surface area (Å²) in [5, 5.41) is 15.6. The first-order valence-corrected chi connectivity index (χ1v) is 59.4. The van der Waals surface area contributed by atoms with Crippen LogP contribution in [0, 0.1) is 0 Å². The Kier molecular flexibility index (Phi) is 23.2. The van der Waals surface area contributed by atoms with Crippen LogP contribution >= 0.6 is 0 Å². The molecule has 3 aliphatic rings. The monoisotopic (exact) mass is 1930 g/mol. The second kappa shape index (κ2) is 37.7. The van der Waals surface area contributed by atoms with Gasteiger partial charge in [-0.3, -0.25) is 0 Å². The average Bonchev–Trinajstić information content (AvgIpc) is 1.57. The lowest BCUT2D eigenvalue weighted by atomic mass is 9.94. The summed E-state index contributed by atoms with van der Waals surface area (Å²) in [6, 6.07) is 174. The van der Waals surface area contributed by atoms with Gasteiger partial charge in [-0.05, 0) is 188 Å². The molecule has 0 unspecified atom stereocenters. The van der Waals surface area contributed by atoms with Crippen LogP contribution in [0.4, 0.5) is 0 Å². The molecular weight excluding hydrogens is 1830 g/mol. The molecule has 0 spiro atoms. The largest absolute Gasteiger partial charge is 0.208 e. The molecule has 3 aromatic heterocycles. The van der Waals surface area contributed by atoms with Crippen LogP contribution in [0.3, 0.4) is 0 Å². The summed E-state index contributed by atoms with van der Waals surface area (Å²) in [6.45, 7) is 14.7. The molecule has 6 heterocycles. The van der Waals surface area contributed by atoms with Gasteiger partial charge in [0.25, 0.3) is 0 Å². The van der Waals surface area contributed by atoms with Crippen molar-refractivity contribution in [3.8, 4) is 203 Å². The van der Waals surface area contributed by atoms with E-state index in [-0.39, 0.29) is 0 Å². The van der Waals surface area contributed by atoms with E-state index in [1.807, 2.05) is 18.2 Å². The van der Waals surface area contributed by atoms with Crippen molar-refractivity contribution in [2.24, 2.45) is 0 Å². The van der Waals surface area contributed by atoms with Crippen LogP contribution < -0.4 is 31.1 Å². The third kappa shape index (κ3) is 16.7. The first-order valence-electron chi connectivity index (χ1n) is 50.4. The SMILES string of the molecule is C[Si]1(C)c2ccccc2-c2c(-c3nc(-c4ccc(-c5ccccc5)cc4)nc(-c4ccc(-c5ccccc5)c5ccccc45)n3)cccc21.C[Si]1(C)c2ccccc2-c2cc(-c3nc(-c4ccc(-c5ccccc5)cc4)nc(-c4ccc(-c5ccccc5)c5ccccc45)n3)ccc21.C[Si]1(C)c2ccccc2-c2ccc(-c3nc(-c4ccc(-c5ccccc5)cc4)nc(-c4ccc(-c5ccccc5)c5ccccc45)n3)cc21. The Labute approximate surface area is 859 Å². The lowest BCUT2D eigenvalue weighted by Gasteiger charge is -2.19. The van der Waals surface area contributed by atoms with Gasteiger partial charge in [0.1, 0.15) is 24.2 Å². The van der Waals surface area contributed by atoms with Crippen LogP contribution in [0.2, 0.25) is 39.3 Å². The van der Waals surface area contributed by atoms with Crippen LogP contribution in [-0.4, -0.2) is 69.1 Å². The maximum atomic E-state index is 5.31. The highest BCUT2D eigenvalue weighted by Crippen LogP contribution is 2.45. The molecule has 9 nitrogen and oxygen atoms in total. The van der Waals surface area contributed by atoms with Crippen LogP contribution in [-0.2, 0) is 0 Å². The third-order valence-electron chi connectivity index (χ3n) is 29.9. The molecule has 0 N–H and O–H groups in total. The van der Waals surface area contributed by atoms with E-state index in [2.05, 4.69) is 512 Å². The normalized spacial score (nSPS) is 12.9. The van der Waals surface area contributed by atoms with E-state index in [1.165, 1.54) is 131 Å². The number of benzene rings is 21. The summed E-state index contributed by atoms with van der Waals surface area (Å²) in [5.41, 5.74) is 31.0. The number of hydrogen-bond donors (Lipinski definition) is 0. The van der Waals surface area contributed by atoms with Gasteiger partial charge < -0.3 is 0 Å². The van der Waals surface area contributed by atoms with Gasteiger partial charge in [-0.15, -0.1) is 0 Å². The van der Waals surface area contributed by atoms with E-state index in [0.29, 0.717) is 52.4 Å². The quantitative estimate of drug-likeness (QED) is 0.0925. The summed E-state index contributed by atoms with van der Waals surface area (Å²) < 4.78 is 0. The molecule has 27 rings (SSSR count).